The van der Waals surface area contributed by atoms with E-state index in [2.05, 4.69) is 130 Å². The summed E-state index contributed by atoms with van der Waals surface area (Å²) >= 11 is 0. The van der Waals surface area contributed by atoms with Gasteiger partial charge in [-0.1, -0.05) is 199 Å². The lowest BCUT2D eigenvalue weighted by atomic mass is 9.98. The smallest absolute Gasteiger partial charge is 0.231 e. The number of furan rings is 2. The van der Waals surface area contributed by atoms with E-state index in [1.807, 2.05) is 118 Å². The standard InChI is InChI=1S/C12H14O.C11H14O.2C11H12O.C10H12O2.5C2H6/c1-8(2)9-3-5-11-10(7-9)4-6-12(11)13;2*1-8(2)9-3-4-11-10(7-9)5-6-12-11;1-8(2)11-7-9-5-3-4-6-10(9)12-11;1-7(2)8-3-4-9-10(5-8)12-6-11-9;5*1-2/h3,5,7-8H,4,6H2,1-2H3;3-4,7-8H,5-6H2,1-2H3;2*3-8H,1-2H3;3-5,7H,6H2,1-2H3;5*1-2H3. The van der Waals surface area contributed by atoms with Crippen molar-refractivity contribution in [1.29, 1.82) is 0 Å². The summed E-state index contributed by atoms with van der Waals surface area (Å²) < 4.78 is 26.8. The van der Waals surface area contributed by atoms with Crippen LogP contribution in [0.4, 0.5) is 0 Å². The highest BCUT2D eigenvalue weighted by Gasteiger charge is 2.19. The van der Waals surface area contributed by atoms with Crippen molar-refractivity contribution in [3.8, 4) is 17.2 Å². The molecule has 10 rings (SSSR count). The van der Waals surface area contributed by atoms with E-state index in [9.17, 15) is 4.79 Å². The third-order valence-corrected chi connectivity index (χ3v) is 11.3. The Hall–Kier alpha value is -5.75. The van der Waals surface area contributed by atoms with Crippen LogP contribution >= 0.6 is 0 Å². The average molecular weight is 971 g/mol. The SMILES string of the molecule is CC.CC.CC.CC.CC.CC(C)c1cc2ccccc2o1.CC(C)c1ccc2c(c1)CCC2=O.CC(C)c1ccc2c(c1)CCO2.CC(C)c1ccc2c(c1)OCO2.CC(C)c1ccc2occc2c1. The summed E-state index contributed by atoms with van der Waals surface area (Å²) in [4.78, 5) is 11.3. The molecular weight excluding hydrogens is 877 g/mol. The van der Waals surface area contributed by atoms with Gasteiger partial charge in [-0.05, 0) is 112 Å². The highest BCUT2D eigenvalue weighted by Crippen LogP contribution is 2.34. The Morgan fingerprint density at radius 3 is 1.51 bits per heavy atom. The molecule has 0 saturated heterocycles. The van der Waals surface area contributed by atoms with Crippen molar-refractivity contribution in [3.05, 3.63) is 160 Å². The van der Waals surface area contributed by atoms with Crippen molar-refractivity contribution >= 4 is 27.7 Å². The molecular formula is C65H94O6. The molecule has 0 radical (unpaired) electrons. The molecule has 4 heterocycles. The number of hydrogen-bond acceptors (Lipinski definition) is 6. The Bertz CT molecular complexity index is 2410. The molecule has 0 bridgehead atoms. The summed E-state index contributed by atoms with van der Waals surface area (Å²) in [7, 11) is 0. The fraction of sp³-hybridized carbons (Fsp3) is 0.462. The predicted molar refractivity (Wildman–Crippen MR) is 307 cm³/mol. The molecule has 0 amide bonds. The molecule has 0 spiro atoms. The number of hydrogen-bond donors (Lipinski definition) is 0. The van der Waals surface area contributed by atoms with Gasteiger partial charge in [-0.2, -0.15) is 0 Å². The van der Waals surface area contributed by atoms with Crippen molar-refractivity contribution in [2.45, 2.75) is 187 Å². The maximum Gasteiger partial charge on any atom is 0.231 e. The minimum atomic E-state index is 0.310. The van der Waals surface area contributed by atoms with E-state index in [0.29, 0.717) is 48.6 Å². The molecule has 6 heteroatoms. The third kappa shape index (κ3) is 19.8. The van der Waals surface area contributed by atoms with E-state index < -0.39 is 0 Å². The number of ether oxygens (including phenoxy) is 3. The lowest BCUT2D eigenvalue weighted by Crippen LogP contribution is -1.93. The Balaban J connectivity index is 0.000000424. The fourth-order valence-corrected chi connectivity index (χ4v) is 7.30. The van der Waals surface area contributed by atoms with Crippen molar-refractivity contribution < 1.29 is 27.8 Å². The zero-order valence-electron chi connectivity index (χ0n) is 47.8. The van der Waals surface area contributed by atoms with Gasteiger partial charge in [0.2, 0.25) is 6.79 Å². The largest absolute Gasteiger partial charge is 0.493 e. The first-order chi connectivity index (χ1) is 34.3. The monoisotopic (exact) mass is 971 g/mol. The number of Topliss-reactive ketones (excluding diaryl/α,β-unsaturated/α-hetero) is 1. The van der Waals surface area contributed by atoms with E-state index in [-0.39, 0.29) is 0 Å². The van der Waals surface area contributed by atoms with E-state index in [1.54, 1.807) is 6.26 Å². The molecule has 7 aromatic rings. The van der Waals surface area contributed by atoms with Gasteiger partial charge in [0.05, 0.1) is 12.9 Å². The summed E-state index contributed by atoms with van der Waals surface area (Å²) in [6, 6.07) is 37.4. The molecule has 0 saturated carbocycles. The summed E-state index contributed by atoms with van der Waals surface area (Å²) in [5, 5.41) is 2.39. The summed E-state index contributed by atoms with van der Waals surface area (Å²) in [5.41, 5.74) is 10.9. The zero-order chi connectivity index (χ0) is 53.6. The fourth-order valence-electron chi connectivity index (χ4n) is 7.30. The first kappa shape index (κ1) is 63.3. The van der Waals surface area contributed by atoms with Crippen LogP contribution in [0.3, 0.4) is 0 Å². The quantitative estimate of drug-likeness (QED) is 0.171. The van der Waals surface area contributed by atoms with E-state index in [1.165, 1.54) is 44.2 Å². The molecule has 1 aliphatic carbocycles. The average Bonchev–Trinajstić information content (AvgIpc) is 4.28. The van der Waals surface area contributed by atoms with Gasteiger partial charge in [-0.15, -0.1) is 0 Å². The molecule has 0 unspecified atom stereocenters. The molecule has 0 fully saturated rings. The first-order valence-corrected chi connectivity index (χ1v) is 27.0. The van der Waals surface area contributed by atoms with E-state index in [4.69, 9.17) is 23.0 Å². The highest BCUT2D eigenvalue weighted by molar-refractivity contribution is 6.00. The molecule has 2 aromatic heterocycles. The number of para-hydroxylation sites is 1. The van der Waals surface area contributed by atoms with Gasteiger partial charge in [0.25, 0.3) is 0 Å². The van der Waals surface area contributed by atoms with Crippen LogP contribution in [-0.2, 0) is 12.8 Å². The second-order valence-electron chi connectivity index (χ2n) is 17.6. The van der Waals surface area contributed by atoms with Crippen LogP contribution in [0.2, 0.25) is 0 Å². The van der Waals surface area contributed by atoms with Crippen molar-refractivity contribution in [1.82, 2.24) is 0 Å². The molecule has 390 valence electrons. The number of ketones is 1. The Morgan fingerprint density at radius 2 is 0.915 bits per heavy atom. The summed E-state index contributed by atoms with van der Waals surface area (Å²) in [5.74, 6) is 6.97. The van der Waals surface area contributed by atoms with E-state index in [0.717, 1.165) is 59.2 Å². The molecule has 3 aliphatic rings. The number of fused-ring (bicyclic) bond motifs is 5. The number of carbonyl (C=O) groups excluding carboxylic acids is 1. The molecule has 5 aromatic carbocycles. The van der Waals surface area contributed by atoms with Crippen LogP contribution in [0.15, 0.2) is 124 Å². The highest BCUT2D eigenvalue weighted by atomic mass is 16.7. The Labute approximate surface area is 431 Å². The second-order valence-corrected chi connectivity index (χ2v) is 17.6. The van der Waals surface area contributed by atoms with Crippen LogP contribution < -0.4 is 14.2 Å². The second kappa shape index (κ2) is 34.6. The number of benzene rings is 5. The van der Waals surface area contributed by atoms with Gasteiger partial charge < -0.3 is 23.0 Å². The first-order valence-electron chi connectivity index (χ1n) is 27.0. The van der Waals surface area contributed by atoms with Crippen molar-refractivity contribution in [2.75, 3.05) is 13.4 Å². The summed E-state index contributed by atoms with van der Waals surface area (Å²) in [6.07, 6.45) is 4.45. The topological polar surface area (TPSA) is 71.0 Å². The van der Waals surface area contributed by atoms with Crippen LogP contribution in [0.25, 0.3) is 21.9 Å². The Morgan fingerprint density at radius 1 is 0.408 bits per heavy atom. The lowest BCUT2D eigenvalue weighted by molar-refractivity contribution is 0.0994. The van der Waals surface area contributed by atoms with E-state index >= 15 is 0 Å². The van der Waals surface area contributed by atoms with Gasteiger partial charge in [-0.3, -0.25) is 4.79 Å². The minimum Gasteiger partial charge on any atom is -0.493 e. The maximum absolute atomic E-state index is 11.3. The minimum absolute atomic E-state index is 0.310. The van der Waals surface area contributed by atoms with Gasteiger partial charge in [-0.25, -0.2) is 0 Å². The van der Waals surface area contributed by atoms with Crippen LogP contribution in [0.1, 0.15) is 224 Å². The molecule has 0 atom stereocenters. The van der Waals surface area contributed by atoms with Crippen LogP contribution in [-0.4, -0.2) is 19.2 Å². The Kier molecular flexibility index (Phi) is 30.8. The maximum atomic E-state index is 11.3. The van der Waals surface area contributed by atoms with Gasteiger partial charge in [0, 0.05) is 35.1 Å². The zero-order valence-corrected chi connectivity index (χ0v) is 47.8. The third-order valence-electron chi connectivity index (χ3n) is 11.3. The number of rotatable bonds is 5. The van der Waals surface area contributed by atoms with Crippen LogP contribution in [0, 0.1) is 0 Å². The molecule has 71 heavy (non-hydrogen) atoms. The van der Waals surface area contributed by atoms with Crippen molar-refractivity contribution in [2.24, 2.45) is 0 Å². The predicted octanol–water partition coefficient (Wildman–Crippen LogP) is 20.5. The number of aryl methyl sites for hydroxylation is 1. The molecule has 2 aliphatic heterocycles. The van der Waals surface area contributed by atoms with Crippen molar-refractivity contribution in [3.63, 3.8) is 0 Å². The molecule has 0 N–H and O–H groups in total. The van der Waals surface area contributed by atoms with Gasteiger partial charge >= 0.3 is 0 Å². The lowest BCUT2D eigenvalue weighted by Gasteiger charge is -2.06. The molecule has 6 nitrogen and oxygen atoms in total. The van der Waals surface area contributed by atoms with Gasteiger partial charge in [0.15, 0.2) is 17.3 Å². The number of carbonyl (C=O) groups is 1. The normalized spacial score (nSPS) is 11.8. The van der Waals surface area contributed by atoms with Gasteiger partial charge in [0.1, 0.15) is 22.7 Å². The van der Waals surface area contributed by atoms with Crippen LogP contribution in [0.5, 0.6) is 17.2 Å². The summed E-state index contributed by atoms with van der Waals surface area (Å²) in [6.45, 7) is 43.0.